The number of imide groups is 1. The minimum Gasteiger partial charge on any atom is -0.492 e. The van der Waals surface area contributed by atoms with Crippen LogP contribution in [0.5, 0.6) is 5.75 Å². The third-order valence-electron chi connectivity index (χ3n) is 4.98. The van der Waals surface area contributed by atoms with Gasteiger partial charge in [0.25, 0.3) is 5.91 Å². The van der Waals surface area contributed by atoms with Gasteiger partial charge in [0.05, 0.1) is 6.54 Å². The smallest absolute Gasteiger partial charge is 0.325 e. The lowest BCUT2D eigenvalue weighted by molar-refractivity contribution is -0.131. The van der Waals surface area contributed by atoms with Crippen LogP contribution in [0.1, 0.15) is 12.5 Å². The number of rotatable bonds is 5. The van der Waals surface area contributed by atoms with E-state index in [1.165, 1.54) is 4.90 Å². The largest absolute Gasteiger partial charge is 0.492 e. The number of carbonyl (C=O) groups is 2. The van der Waals surface area contributed by atoms with Crippen molar-refractivity contribution in [3.05, 3.63) is 76.8 Å². The second-order valence-electron chi connectivity index (χ2n) is 6.88. The van der Waals surface area contributed by atoms with E-state index in [1.807, 2.05) is 66.7 Å². The summed E-state index contributed by atoms with van der Waals surface area (Å²) in [6.45, 7) is 2.15. The molecule has 1 N–H and O–H groups in total. The van der Waals surface area contributed by atoms with Gasteiger partial charge in [-0.1, -0.05) is 58.4 Å². The second kappa shape index (κ2) is 7.28. The number of benzene rings is 3. The van der Waals surface area contributed by atoms with E-state index in [4.69, 9.17) is 4.74 Å². The molecule has 1 aliphatic heterocycles. The van der Waals surface area contributed by atoms with Crippen molar-refractivity contribution < 1.29 is 14.3 Å². The third kappa shape index (κ3) is 3.36. The molecule has 3 aromatic rings. The number of halogens is 1. The van der Waals surface area contributed by atoms with E-state index in [0.717, 1.165) is 20.8 Å². The first-order valence-corrected chi connectivity index (χ1v) is 9.78. The summed E-state index contributed by atoms with van der Waals surface area (Å²) >= 11 is 3.39. The minimum absolute atomic E-state index is 0.181. The molecule has 0 radical (unpaired) electrons. The Morgan fingerprint density at radius 1 is 1.00 bits per heavy atom. The summed E-state index contributed by atoms with van der Waals surface area (Å²) in [5, 5.41) is 4.96. The molecule has 0 bridgehead atoms. The van der Waals surface area contributed by atoms with E-state index in [9.17, 15) is 9.59 Å². The fourth-order valence-electron chi connectivity index (χ4n) is 3.41. The second-order valence-corrected chi connectivity index (χ2v) is 7.80. The summed E-state index contributed by atoms with van der Waals surface area (Å²) in [7, 11) is 0. The Bertz CT molecular complexity index is 1070. The van der Waals surface area contributed by atoms with Gasteiger partial charge in [-0.25, -0.2) is 4.79 Å². The predicted octanol–water partition coefficient (Wildman–Crippen LogP) is 4.45. The molecule has 142 valence electrons. The quantitative estimate of drug-likeness (QED) is 0.598. The molecule has 0 spiro atoms. The number of amides is 3. The Morgan fingerprint density at radius 2 is 1.79 bits per heavy atom. The van der Waals surface area contributed by atoms with Crippen molar-refractivity contribution in [2.24, 2.45) is 0 Å². The predicted molar refractivity (Wildman–Crippen MR) is 111 cm³/mol. The molecule has 0 aromatic heterocycles. The molecule has 1 unspecified atom stereocenters. The molecule has 5 nitrogen and oxygen atoms in total. The Morgan fingerprint density at radius 3 is 2.57 bits per heavy atom. The Labute approximate surface area is 171 Å². The fraction of sp³-hybridized carbons (Fsp3) is 0.182. The zero-order chi connectivity index (χ0) is 19.7. The number of hydrogen-bond acceptors (Lipinski definition) is 3. The van der Waals surface area contributed by atoms with Gasteiger partial charge in [-0.2, -0.15) is 0 Å². The maximum absolute atomic E-state index is 13.1. The third-order valence-corrected chi connectivity index (χ3v) is 5.47. The molecular formula is C22H19BrN2O3. The summed E-state index contributed by atoms with van der Waals surface area (Å²) in [5.74, 6) is 0.407. The van der Waals surface area contributed by atoms with E-state index in [0.29, 0.717) is 5.75 Å². The lowest BCUT2D eigenvalue weighted by atomic mass is 9.90. The number of carbonyl (C=O) groups excluding carboxylic acids is 2. The average molecular weight is 439 g/mol. The molecule has 1 saturated heterocycles. The normalized spacial score (nSPS) is 19.1. The molecule has 1 fully saturated rings. The summed E-state index contributed by atoms with van der Waals surface area (Å²) in [4.78, 5) is 26.7. The molecule has 0 saturated carbocycles. The molecule has 28 heavy (non-hydrogen) atoms. The first-order valence-electron chi connectivity index (χ1n) is 8.99. The van der Waals surface area contributed by atoms with Gasteiger partial charge in [-0.05, 0) is 47.5 Å². The molecular weight excluding hydrogens is 420 g/mol. The van der Waals surface area contributed by atoms with E-state index >= 15 is 0 Å². The van der Waals surface area contributed by atoms with Crippen LogP contribution in [0.2, 0.25) is 0 Å². The van der Waals surface area contributed by atoms with Crippen molar-refractivity contribution in [2.75, 3.05) is 13.2 Å². The number of urea groups is 1. The Balaban J connectivity index is 1.50. The molecule has 0 aliphatic carbocycles. The molecule has 1 aliphatic rings. The summed E-state index contributed by atoms with van der Waals surface area (Å²) < 4.78 is 6.58. The monoisotopic (exact) mass is 438 g/mol. The number of nitrogens with zero attached hydrogens (tertiary/aromatic N) is 1. The zero-order valence-electron chi connectivity index (χ0n) is 15.3. The van der Waals surface area contributed by atoms with Crippen molar-refractivity contribution in [1.82, 2.24) is 10.2 Å². The van der Waals surface area contributed by atoms with E-state index in [1.54, 1.807) is 6.92 Å². The molecule has 4 rings (SSSR count). The van der Waals surface area contributed by atoms with Crippen molar-refractivity contribution in [3.63, 3.8) is 0 Å². The minimum atomic E-state index is -1.09. The van der Waals surface area contributed by atoms with Gasteiger partial charge in [0.1, 0.15) is 17.9 Å². The number of fused-ring (bicyclic) bond motifs is 1. The summed E-state index contributed by atoms with van der Waals surface area (Å²) in [5.41, 5.74) is -0.323. The van der Waals surface area contributed by atoms with E-state index in [2.05, 4.69) is 21.2 Å². The Kier molecular flexibility index (Phi) is 4.81. The fourth-order valence-corrected chi connectivity index (χ4v) is 3.79. The molecule has 3 amide bonds. The number of ether oxygens (including phenoxy) is 1. The number of nitrogens with one attached hydrogen (secondary N) is 1. The Hall–Kier alpha value is -2.86. The van der Waals surface area contributed by atoms with E-state index in [-0.39, 0.29) is 19.1 Å². The highest BCUT2D eigenvalue weighted by molar-refractivity contribution is 9.10. The van der Waals surface area contributed by atoms with Gasteiger partial charge in [0.15, 0.2) is 0 Å². The van der Waals surface area contributed by atoms with Crippen LogP contribution in [-0.2, 0) is 10.3 Å². The van der Waals surface area contributed by atoms with Crippen LogP contribution in [0.4, 0.5) is 4.79 Å². The maximum Gasteiger partial charge on any atom is 0.325 e. The van der Waals surface area contributed by atoms with Crippen molar-refractivity contribution in [1.29, 1.82) is 0 Å². The van der Waals surface area contributed by atoms with Crippen LogP contribution in [0.25, 0.3) is 10.8 Å². The zero-order valence-corrected chi connectivity index (χ0v) is 16.9. The molecule has 1 heterocycles. The van der Waals surface area contributed by atoms with E-state index < -0.39 is 11.6 Å². The van der Waals surface area contributed by atoms with Crippen LogP contribution < -0.4 is 10.1 Å². The van der Waals surface area contributed by atoms with Crippen molar-refractivity contribution in [2.45, 2.75) is 12.5 Å². The molecule has 3 aromatic carbocycles. The summed E-state index contributed by atoms with van der Waals surface area (Å²) in [6.07, 6.45) is 0. The van der Waals surface area contributed by atoms with Gasteiger partial charge >= 0.3 is 6.03 Å². The summed E-state index contributed by atoms with van der Waals surface area (Å²) in [6, 6.07) is 20.8. The lowest BCUT2D eigenvalue weighted by Crippen LogP contribution is -2.41. The van der Waals surface area contributed by atoms with Gasteiger partial charge in [-0.3, -0.25) is 9.69 Å². The van der Waals surface area contributed by atoms with Crippen LogP contribution in [-0.4, -0.2) is 30.0 Å². The lowest BCUT2D eigenvalue weighted by Gasteiger charge is -2.22. The van der Waals surface area contributed by atoms with Gasteiger partial charge < -0.3 is 10.1 Å². The van der Waals surface area contributed by atoms with Crippen LogP contribution >= 0.6 is 15.9 Å². The van der Waals surface area contributed by atoms with Gasteiger partial charge in [0, 0.05) is 4.47 Å². The van der Waals surface area contributed by atoms with Crippen molar-refractivity contribution in [3.8, 4) is 5.75 Å². The van der Waals surface area contributed by atoms with Crippen molar-refractivity contribution >= 4 is 38.6 Å². The first kappa shape index (κ1) is 18.5. The van der Waals surface area contributed by atoms with Gasteiger partial charge in [-0.15, -0.1) is 0 Å². The highest BCUT2D eigenvalue weighted by Gasteiger charge is 2.48. The van der Waals surface area contributed by atoms with Crippen LogP contribution in [0.3, 0.4) is 0 Å². The standard InChI is InChI=1S/C22H19BrN2O3/c1-22(17-10-9-15-5-2-3-6-16(15)13-17)20(26)25(21(27)24-22)11-12-28-19-8-4-7-18(23)14-19/h2-10,13-14H,11-12H2,1H3,(H,24,27). The molecule has 1 atom stereocenters. The number of hydrogen-bond donors (Lipinski definition) is 1. The molecule has 6 heteroatoms. The van der Waals surface area contributed by atoms with Crippen LogP contribution in [0, 0.1) is 0 Å². The SMILES string of the molecule is CC1(c2ccc3ccccc3c2)NC(=O)N(CCOc2cccc(Br)c2)C1=O. The topological polar surface area (TPSA) is 58.6 Å². The van der Waals surface area contributed by atoms with Gasteiger partial charge in [0.2, 0.25) is 0 Å². The van der Waals surface area contributed by atoms with Crippen LogP contribution in [0.15, 0.2) is 71.2 Å². The highest BCUT2D eigenvalue weighted by atomic mass is 79.9. The maximum atomic E-state index is 13.1. The average Bonchev–Trinajstić information content (AvgIpc) is 2.91. The highest BCUT2D eigenvalue weighted by Crippen LogP contribution is 2.31. The first-order chi connectivity index (χ1) is 13.5.